The van der Waals surface area contributed by atoms with E-state index in [1.54, 1.807) is 13.2 Å². The lowest BCUT2D eigenvalue weighted by Crippen LogP contribution is -2.51. The quantitative estimate of drug-likeness (QED) is 0.182. The third-order valence-corrected chi connectivity index (χ3v) is 8.90. The Morgan fingerprint density at radius 2 is 1.67 bits per heavy atom. The standard InChI is InChI=1S/C37H52N4O8/c1-25(2)21-31(37(45)48-26(3)35(43)47-24-29-9-7-6-8-10-29)40(5)34(42)32(49-36(44)30(38-4)22-27-11-12-27)15-13-28-14-16-33(39-23-28)41-17-19-46-20-18-41/h6-10,14,16,23,25-27,30-32,38H,11-13,15,17-22,24H2,1-5H3/t26-,30+,31+,32-/m1/s1. The third kappa shape index (κ3) is 11.8. The number of benzene rings is 1. The van der Waals surface area contributed by atoms with Crippen LogP contribution in [0.15, 0.2) is 48.7 Å². The van der Waals surface area contributed by atoms with E-state index in [-0.39, 0.29) is 25.4 Å². The molecule has 0 spiro atoms. The molecule has 268 valence electrons. The number of ether oxygens (including phenoxy) is 4. The van der Waals surface area contributed by atoms with Crippen molar-refractivity contribution in [1.29, 1.82) is 0 Å². The largest absolute Gasteiger partial charge is 0.458 e. The molecular weight excluding hydrogens is 628 g/mol. The molecule has 0 unspecified atom stereocenters. The average molecular weight is 681 g/mol. The van der Waals surface area contributed by atoms with Crippen molar-refractivity contribution in [2.75, 3.05) is 45.3 Å². The van der Waals surface area contributed by atoms with Crippen LogP contribution in [0.25, 0.3) is 0 Å². The highest BCUT2D eigenvalue weighted by molar-refractivity contribution is 5.89. The first-order chi connectivity index (χ1) is 23.5. The average Bonchev–Trinajstić information content (AvgIpc) is 3.94. The minimum Gasteiger partial charge on any atom is -0.458 e. The zero-order valence-electron chi connectivity index (χ0n) is 29.5. The number of nitrogens with one attached hydrogen (secondary N) is 1. The van der Waals surface area contributed by atoms with Gasteiger partial charge in [0.05, 0.1) is 13.2 Å². The van der Waals surface area contributed by atoms with E-state index in [4.69, 9.17) is 18.9 Å². The Kier molecular flexibility index (Phi) is 14.4. The van der Waals surface area contributed by atoms with Crippen LogP contribution in [0.1, 0.15) is 64.0 Å². The molecule has 12 nitrogen and oxygen atoms in total. The van der Waals surface area contributed by atoms with Crippen LogP contribution in [0.3, 0.4) is 0 Å². The van der Waals surface area contributed by atoms with E-state index in [2.05, 4.69) is 15.2 Å². The molecule has 1 aromatic carbocycles. The van der Waals surface area contributed by atoms with Gasteiger partial charge in [0.1, 0.15) is 24.5 Å². The molecule has 2 aliphatic rings. The van der Waals surface area contributed by atoms with Gasteiger partial charge in [-0.2, -0.15) is 0 Å². The number of aryl methyl sites for hydroxylation is 1. The van der Waals surface area contributed by atoms with Gasteiger partial charge in [-0.3, -0.25) is 9.59 Å². The lowest BCUT2D eigenvalue weighted by molar-refractivity contribution is -0.174. The first-order valence-electron chi connectivity index (χ1n) is 17.4. The number of carbonyl (C=O) groups excluding carboxylic acids is 4. The number of anilines is 1. The predicted octanol–water partition coefficient (Wildman–Crippen LogP) is 3.70. The maximum Gasteiger partial charge on any atom is 0.347 e. The first-order valence-corrected chi connectivity index (χ1v) is 17.4. The highest BCUT2D eigenvalue weighted by Gasteiger charge is 2.37. The maximum atomic E-state index is 14.1. The number of amides is 1. The van der Waals surface area contributed by atoms with E-state index in [1.165, 1.54) is 18.9 Å². The maximum absolute atomic E-state index is 14.1. The van der Waals surface area contributed by atoms with Crippen LogP contribution < -0.4 is 10.2 Å². The van der Waals surface area contributed by atoms with Crippen LogP contribution in [0.2, 0.25) is 0 Å². The number of rotatable bonds is 18. The molecule has 2 aromatic rings. The van der Waals surface area contributed by atoms with E-state index < -0.39 is 48.1 Å². The van der Waals surface area contributed by atoms with E-state index in [0.29, 0.717) is 32.0 Å². The van der Waals surface area contributed by atoms with Gasteiger partial charge in [-0.05, 0) is 68.7 Å². The van der Waals surface area contributed by atoms with Gasteiger partial charge in [-0.15, -0.1) is 0 Å². The summed E-state index contributed by atoms with van der Waals surface area (Å²) in [5.74, 6) is -1.11. The van der Waals surface area contributed by atoms with Gasteiger partial charge in [-0.25, -0.2) is 14.6 Å². The van der Waals surface area contributed by atoms with Crippen molar-refractivity contribution in [3.8, 4) is 0 Å². The molecule has 1 saturated heterocycles. The van der Waals surface area contributed by atoms with Gasteiger partial charge in [-0.1, -0.05) is 63.1 Å². The van der Waals surface area contributed by atoms with Gasteiger partial charge in [0.15, 0.2) is 12.2 Å². The number of hydrogen-bond acceptors (Lipinski definition) is 11. The van der Waals surface area contributed by atoms with Gasteiger partial charge in [0.25, 0.3) is 5.91 Å². The van der Waals surface area contributed by atoms with E-state index >= 15 is 0 Å². The summed E-state index contributed by atoms with van der Waals surface area (Å²) in [6.07, 6.45) is 3.11. The predicted molar refractivity (Wildman–Crippen MR) is 183 cm³/mol. The van der Waals surface area contributed by atoms with Gasteiger partial charge >= 0.3 is 17.9 Å². The minimum atomic E-state index is -1.19. The molecule has 1 aliphatic carbocycles. The Bertz CT molecular complexity index is 1360. The molecule has 1 amide bonds. The van der Waals surface area contributed by atoms with Crippen LogP contribution in [-0.2, 0) is 51.2 Å². The molecular formula is C37H52N4O8. The zero-order chi connectivity index (χ0) is 35.3. The molecule has 12 heteroatoms. The van der Waals surface area contributed by atoms with Crippen molar-refractivity contribution in [3.63, 3.8) is 0 Å². The molecule has 0 radical (unpaired) electrons. The topological polar surface area (TPSA) is 137 Å². The van der Waals surface area contributed by atoms with Crippen LogP contribution in [-0.4, -0.2) is 98.4 Å². The summed E-state index contributed by atoms with van der Waals surface area (Å²) in [6.45, 7) is 8.19. The molecule has 1 aromatic heterocycles. The molecule has 1 N–H and O–H groups in total. The summed E-state index contributed by atoms with van der Waals surface area (Å²) in [6, 6.07) is 11.6. The molecule has 1 aliphatic heterocycles. The minimum absolute atomic E-state index is 0.0115. The Morgan fingerprint density at radius 1 is 0.959 bits per heavy atom. The molecule has 0 bridgehead atoms. The fourth-order valence-electron chi connectivity index (χ4n) is 5.70. The van der Waals surface area contributed by atoms with Crippen LogP contribution in [0, 0.1) is 11.8 Å². The SMILES string of the molecule is CN[C@@H](CC1CC1)C(=O)O[C@H](CCc1ccc(N2CCOCC2)nc1)C(=O)N(C)[C@@H](CC(C)C)C(=O)O[C@H](C)C(=O)OCc1ccccc1. The molecule has 4 atom stereocenters. The summed E-state index contributed by atoms with van der Waals surface area (Å²) in [4.78, 5) is 61.7. The monoisotopic (exact) mass is 680 g/mol. The number of morpholine rings is 1. The number of pyridine rings is 1. The molecule has 1 saturated carbocycles. The number of likely N-dealkylation sites (N-methyl/N-ethyl adjacent to an activating group) is 2. The van der Waals surface area contributed by atoms with Crippen LogP contribution in [0.5, 0.6) is 0 Å². The zero-order valence-corrected chi connectivity index (χ0v) is 29.5. The van der Waals surface area contributed by atoms with E-state index in [0.717, 1.165) is 42.9 Å². The van der Waals surface area contributed by atoms with E-state index in [1.807, 2.05) is 56.3 Å². The number of esters is 3. The molecule has 49 heavy (non-hydrogen) atoms. The normalized spacial score (nSPS) is 17.1. The summed E-state index contributed by atoms with van der Waals surface area (Å²) in [5.41, 5.74) is 1.69. The van der Waals surface area contributed by atoms with Crippen molar-refractivity contribution < 1.29 is 38.1 Å². The molecule has 2 heterocycles. The molecule has 4 rings (SSSR count). The van der Waals surface area contributed by atoms with Gasteiger partial charge < -0.3 is 34.1 Å². The Morgan fingerprint density at radius 3 is 2.29 bits per heavy atom. The van der Waals surface area contributed by atoms with Gasteiger partial charge in [0, 0.05) is 26.3 Å². The third-order valence-electron chi connectivity index (χ3n) is 8.90. The number of aromatic nitrogens is 1. The highest BCUT2D eigenvalue weighted by Crippen LogP contribution is 2.34. The Hall–Kier alpha value is -4.03. The summed E-state index contributed by atoms with van der Waals surface area (Å²) in [5, 5.41) is 3.04. The Balaban J connectivity index is 1.44. The summed E-state index contributed by atoms with van der Waals surface area (Å²) < 4.78 is 22.3. The fourth-order valence-corrected chi connectivity index (χ4v) is 5.70. The number of nitrogens with zero attached hydrogens (tertiary/aromatic N) is 3. The summed E-state index contributed by atoms with van der Waals surface area (Å²) in [7, 11) is 3.22. The Labute approximate surface area is 289 Å². The van der Waals surface area contributed by atoms with Crippen molar-refractivity contribution in [2.24, 2.45) is 11.8 Å². The van der Waals surface area contributed by atoms with Crippen LogP contribution in [0.4, 0.5) is 5.82 Å². The molecule has 2 fully saturated rings. The van der Waals surface area contributed by atoms with Crippen LogP contribution >= 0.6 is 0 Å². The van der Waals surface area contributed by atoms with Crippen molar-refractivity contribution in [1.82, 2.24) is 15.2 Å². The number of hydrogen-bond donors (Lipinski definition) is 1. The lowest BCUT2D eigenvalue weighted by Gasteiger charge is -2.32. The highest BCUT2D eigenvalue weighted by atomic mass is 16.6. The van der Waals surface area contributed by atoms with Gasteiger partial charge in [0.2, 0.25) is 0 Å². The van der Waals surface area contributed by atoms with E-state index in [9.17, 15) is 19.2 Å². The summed E-state index contributed by atoms with van der Waals surface area (Å²) >= 11 is 0. The second kappa shape index (κ2) is 18.7. The van der Waals surface area contributed by atoms with Crippen molar-refractivity contribution in [3.05, 3.63) is 59.8 Å². The second-order valence-electron chi connectivity index (χ2n) is 13.4. The first kappa shape index (κ1) is 37.8. The lowest BCUT2D eigenvalue weighted by atomic mass is 10.0. The second-order valence-corrected chi connectivity index (χ2v) is 13.4. The van der Waals surface area contributed by atoms with Crippen molar-refractivity contribution in [2.45, 2.75) is 90.2 Å². The number of carbonyl (C=O) groups is 4. The smallest absolute Gasteiger partial charge is 0.347 e. The van der Waals surface area contributed by atoms with Crippen molar-refractivity contribution >= 4 is 29.6 Å². The fraction of sp³-hybridized carbons (Fsp3) is 0.595.